The molecule has 0 N–H and O–H groups in total. The Hall–Kier alpha value is -2.74. The number of hydrogen-bond acceptors (Lipinski definition) is 7. The zero-order chi connectivity index (χ0) is 18.6. The fourth-order valence-corrected chi connectivity index (χ4v) is 3.24. The summed E-state index contributed by atoms with van der Waals surface area (Å²) < 4.78 is 21.7. The Balaban J connectivity index is 1.34. The standard InChI is InChI=1S/C19H23N3O5/c1-2-21-6-3-7-22(9-8-21)19(23)15-11-25-18(20-15)12-24-14-4-5-16-17(10-14)27-13-26-16/h4-5,10-11H,2-3,6-9,12-13H2,1H3. The quantitative estimate of drug-likeness (QED) is 0.795. The molecular formula is C19H23N3O5. The molecule has 8 nitrogen and oxygen atoms in total. The van der Waals surface area contributed by atoms with Crippen LogP contribution in [0.4, 0.5) is 0 Å². The van der Waals surface area contributed by atoms with Gasteiger partial charge in [0, 0.05) is 25.7 Å². The average molecular weight is 373 g/mol. The highest BCUT2D eigenvalue weighted by atomic mass is 16.7. The van der Waals surface area contributed by atoms with Gasteiger partial charge in [-0.25, -0.2) is 4.98 Å². The summed E-state index contributed by atoms with van der Waals surface area (Å²) in [6.45, 7) is 6.86. The van der Waals surface area contributed by atoms with E-state index in [0.717, 1.165) is 32.6 Å². The largest absolute Gasteiger partial charge is 0.484 e. The van der Waals surface area contributed by atoms with Crippen molar-refractivity contribution in [1.82, 2.24) is 14.8 Å². The summed E-state index contributed by atoms with van der Waals surface area (Å²) in [5.74, 6) is 2.24. The second-order valence-electron chi connectivity index (χ2n) is 6.51. The topological polar surface area (TPSA) is 77.3 Å². The van der Waals surface area contributed by atoms with Crippen molar-refractivity contribution in [3.8, 4) is 17.2 Å². The molecule has 2 aliphatic rings. The SMILES string of the molecule is CCN1CCCN(C(=O)c2coc(COc3ccc4c(c3)OCO4)n2)CC1. The Morgan fingerprint density at radius 2 is 2.07 bits per heavy atom. The molecule has 1 saturated heterocycles. The smallest absolute Gasteiger partial charge is 0.275 e. The van der Waals surface area contributed by atoms with Gasteiger partial charge in [0.15, 0.2) is 23.8 Å². The van der Waals surface area contributed by atoms with E-state index in [1.165, 1.54) is 6.26 Å². The first-order valence-corrected chi connectivity index (χ1v) is 9.21. The van der Waals surface area contributed by atoms with E-state index >= 15 is 0 Å². The van der Waals surface area contributed by atoms with Gasteiger partial charge in [0.2, 0.25) is 12.7 Å². The summed E-state index contributed by atoms with van der Waals surface area (Å²) in [7, 11) is 0. The summed E-state index contributed by atoms with van der Waals surface area (Å²) in [6, 6.07) is 5.34. The first-order chi connectivity index (χ1) is 13.2. The molecule has 0 aliphatic carbocycles. The predicted octanol–water partition coefficient (Wildman–Crippen LogP) is 2.15. The van der Waals surface area contributed by atoms with Gasteiger partial charge in [-0.05, 0) is 31.6 Å². The van der Waals surface area contributed by atoms with E-state index in [-0.39, 0.29) is 19.3 Å². The molecule has 144 valence electrons. The molecule has 1 amide bonds. The Bertz CT molecular complexity index is 806. The van der Waals surface area contributed by atoms with E-state index in [2.05, 4.69) is 16.8 Å². The highest BCUT2D eigenvalue weighted by Crippen LogP contribution is 2.35. The van der Waals surface area contributed by atoms with E-state index in [1.54, 1.807) is 18.2 Å². The maximum Gasteiger partial charge on any atom is 0.275 e. The van der Waals surface area contributed by atoms with Gasteiger partial charge in [-0.3, -0.25) is 4.79 Å². The van der Waals surface area contributed by atoms with Gasteiger partial charge >= 0.3 is 0 Å². The molecule has 1 fully saturated rings. The molecule has 0 radical (unpaired) electrons. The van der Waals surface area contributed by atoms with Crippen LogP contribution in [0.15, 0.2) is 28.9 Å². The number of carbonyl (C=O) groups is 1. The van der Waals surface area contributed by atoms with Gasteiger partial charge in [-0.15, -0.1) is 0 Å². The van der Waals surface area contributed by atoms with Crippen LogP contribution in [0.25, 0.3) is 0 Å². The number of carbonyl (C=O) groups excluding carboxylic acids is 1. The second kappa shape index (κ2) is 7.87. The Morgan fingerprint density at radius 1 is 1.19 bits per heavy atom. The highest BCUT2D eigenvalue weighted by molar-refractivity contribution is 5.92. The van der Waals surface area contributed by atoms with Gasteiger partial charge in [0.05, 0.1) is 0 Å². The van der Waals surface area contributed by atoms with Crippen molar-refractivity contribution in [3.05, 3.63) is 36.0 Å². The predicted molar refractivity (Wildman–Crippen MR) is 96.0 cm³/mol. The second-order valence-corrected chi connectivity index (χ2v) is 6.51. The fraction of sp³-hybridized carbons (Fsp3) is 0.474. The summed E-state index contributed by atoms with van der Waals surface area (Å²) in [6.07, 6.45) is 2.38. The van der Waals surface area contributed by atoms with Gasteiger partial charge in [0.1, 0.15) is 12.0 Å². The highest BCUT2D eigenvalue weighted by Gasteiger charge is 2.22. The molecule has 0 spiro atoms. The molecule has 27 heavy (non-hydrogen) atoms. The maximum atomic E-state index is 12.7. The third-order valence-electron chi connectivity index (χ3n) is 4.80. The summed E-state index contributed by atoms with van der Waals surface area (Å²) in [5.41, 5.74) is 0.323. The number of likely N-dealkylation sites (N-methyl/N-ethyl adjacent to an activating group) is 1. The molecule has 1 aromatic heterocycles. The number of amides is 1. The van der Waals surface area contributed by atoms with Crippen molar-refractivity contribution in [2.24, 2.45) is 0 Å². The minimum absolute atomic E-state index is 0.0916. The molecule has 4 rings (SSSR count). The summed E-state index contributed by atoms with van der Waals surface area (Å²) in [5, 5.41) is 0. The Morgan fingerprint density at radius 3 is 2.96 bits per heavy atom. The molecule has 0 atom stereocenters. The molecule has 2 aromatic rings. The average Bonchev–Trinajstić information content (AvgIpc) is 3.29. The summed E-state index contributed by atoms with van der Waals surface area (Å²) >= 11 is 0. The van der Waals surface area contributed by atoms with Crippen LogP contribution in [-0.2, 0) is 6.61 Å². The monoisotopic (exact) mass is 373 g/mol. The lowest BCUT2D eigenvalue weighted by Crippen LogP contribution is -2.35. The van der Waals surface area contributed by atoms with Crippen LogP contribution in [-0.4, -0.2) is 60.2 Å². The van der Waals surface area contributed by atoms with Crippen molar-refractivity contribution >= 4 is 5.91 Å². The van der Waals surface area contributed by atoms with Crippen LogP contribution in [0.2, 0.25) is 0 Å². The van der Waals surface area contributed by atoms with Gasteiger partial charge in [0.25, 0.3) is 5.91 Å². The molecular weight excluding hydrogens is 350 g/mol. The van der Waals surface area contributed by atoms with Crippen molar-refractivity contribution in [3.63, 3.8) is 0 Å². The lowest BCUT2D eigenvalue weighted by molar-refractivity contribution is 0.0755. The number of oxazole rings is 1. The van der Waals surface area contributed by atoms with Gasteiger partial charge in [-0.1, -0.05) is 6.92 Å². The van der Waals surface area contributed by atoms with Crippen LogP contribution in [0, 0.1) is 0 Å². The first-order valence-electron chi connectivity index (χ1n) is 9.21. The van der Waals surface area contributed by atoms with Crippen LogP contribution in [0.5, 0.6) is 17.2 Å². The number of benzene rings is 1. The van der Waals surface area contributed by atoms with Crippen molar-refractivity contribution in [1.29, 1.82) is 0 Å². The number of ether oxygens (including phenoxy) is 3. The molecule has 8 heteroatoms. The van der Waals surface area contributed by atoms with E-state index in [4.69, 9.17) is 18.6 Å². The summed E-state index contributed by atoms with van der Waals surface area (Å²) in [4.78, 5) is 21.2. The van der Waals surface area contributed by atoms with Crippen molar-refractivity contribution in [2.45, 2.75) is 20.0 Å². The van der Waals surface area contributed by atoms with E-state index in [9.17, 15) is 4.79 Å². The third kappa shape index (κ3) is 4.00. The fourth-order valence-electron chi connectivity index (χ4n) is 3.24. The maximum absolute atomic E-state index is 12.7. The van der Waals surface area contributed by atoms with Crippen LogP contribution < -0.4 is 14.2 Å². The van der Waals surface area contributed by atoms with Crippen LogP contribution in [0.3, 0.4) is 0 Å². The van der Waals surface area contributed by atoms with Gasteiger partial charge < -0.3 is 28.4 Å². The zero-order valence-corrected chi connectivity index (χ0v) is 15.3. The van der Waals surface area contributed by atoms with E-state index < -0.39 is 0 Å². The lowest BCUT2D eigenvalue weighted by Gasteiger charge is -2.20. The number of hydrogen-bond donors (Lipinski definition) is 0. The minimum atomic E-state index is -0.0916. The number of aromatic nitrogens is 1. The van der Waals surface area contributed by atoms with Crippen molar-refractivity contribution in [2.75, 3.05) is 39.5 Å². The molecule has 3 heterocycles. The number of nitrogens with zero attached hydrogens (tertiary/aromatic N) is 3. The lowest BCUT2D eigenvalue weighted by atomic mass is 10.3. The minimum Gasteiger partial charge on any atom is -0.484 e. The Labute approximate surface area is 157 Å². The van der Waals surface area contributed by atoms with Crippen molar-refractivity contribution < 1.29 is 23.4 Å². The van der Waals surface area contributed by atoms with Crippen LogP contribution >= 0.6 is 0 Å². The van der Waals surface area contributed by atoms with E-state index in [1.807, 2.05) is 4.90 Å². The molecule has 1 aromatic carbocycles. The first kappa shape index (κ1) is 17.7. The third-order valence-corrected chi connectivity index (χ3v) is 4.80. The Kier molecular flexibility index (Phi) is 5.15. The van der Waals surface area contributed by atoms with Crippen LogP contribution in [0.1, 0.15) is 29.7 Å². The molecule has 0 saturated carbocycles. The normalized spacial score (nSPS) is 17.0. The number of rotatable bonds is 5. The molecule has 0 unspecified atom stereocenters. The zero-order valence-electron chi connectivity index (χ0n) is 15.3. The molecule has 0 bridgehead atoms. The number of fused-ring (bicyclic) bond motifs is 1. The van der Waals surface area contributed by atoms with Gasteiger partial charge in [-0.2, -0.15) is 0 Å². The van der Waals surface area contributed by atoms with E-state index in [0.29, 0.717) is 35.4 Å². The molecule has 2 aliphatic heterocycles.